The fourth-order valence-electron chi connectivity index (χ4n) is 2.81. The Bertz CT molecular complexity index is 326. The zero-order valence-corrected chi connectivity index (χ0v) is 14.1. The second-order valence-electron chi connectivity index (χ2n) is 5.94. The van der Waals surface area contributed by atoms with Gasteiger partial charge in [-0.05, 0) is 25.7 Å². The molecule has 1 rings (SSSR count). The Labute approximate surface area is 134 Å². The van der Waals surface area contributed by atoms with Crippen LogP contribution in [0.1, 0.15) is 64.7 Å². The van der Waals surface area contributed by atoms with Gasteiger partial charge >= 0.3 is 0 Å². The van der Waals surface area contributed by atoms with Gasteiger partial charge in [0, 0.05) is 19.8 Å². The molecule has 3 N–H and O–H groups in total. The average molecular weight is 314 g/mol. The molecule has 0 atom stereocenters. The Kier molecular flexibility index (Phi) is 8.85. The number of hydrogen-bond donors (Lipinski definition) is 2. The number of amides is 1. The van der Waals surface area contributed by atoms with E-state index < -0.39 is 5.41 Å². The van der Waals surface area contributed by atoms with E-state index in [-0.39, 0.29) is 5.91 Å². The Morgan fingerprint density at radius 3 is 2.38 bits per heavy atom. The van der Waals surface area contributed by atoms with E-state index in [9.17, 15) is 4.79 Å². The summed E-state index contributed by atoms with van der Waals surface area (Å²) in [6.07, 6.45) is 9.07. The maximum absolute atomic E-state index is 12.5. The minimum Gasteiger partial charge on any atom is -0.392 e. The summed E-state index contributed by atoms with van der Waals surface area (Å²) in [4.78, 5) is 12.9. The maximum atomic E-state index is 12.5. The van der Waals surface area contributed by atoms with Crippen molar-refractivity contribution in [3.63, 3.8) is 0 Å². The van der Waals surface area contributed by atoms with Crippen molar-refractivity contribution < 1.29 is 9.53 Å². The molecule has 0 bridgehead atoms. The van der Waals surface area contributed by atoms with E-state index in [2.05, 4.69) is 12.2 Å². The largest absolute Gasteiger partial charge is 0.392 e. The molecule has 0 spiro atoms. The highest BCUT2D eigenvalue weighted by atomic mass is 32.1. The van der Waals surface area contributed by atoms with Crippen LogP contribution in [0.5, 0.6) is 0 Å². The van der Waals surface area contributed by atoms with Crippen molar-refractivity contribution in [2.75, 3.05) is 19.8 Å². The van der Waals surface area contributed by atoms with Crippen LogP contribution in [-0.2, 0) is 9.53 Å². The molecule has 5 heteroatoms. The molecule has 0 aromatic rings. The third-order valence-corrected chi connectivity index (χ3v) is 4.65. The first kappa shape index (κ1) is 18.4. The van der Waals surface area contributed by atoms with Gasteiger partial charge in [0.15, 0.2) is 0 Å². The number of thiocarbonyl (C=S) groups is 1. The average Bonchev–Trinajstić information content (AvgIpc) is 2.73. The topological polar surface area (TPSA) is 64.3 Å². The van der Waals surface area contributed by atoms with Crippen molar-refractivity contribution in [1.29, 1.82) is 0 Å². The fraction of sp³-hybridized carbons (Fsp3) is 0.875. The number of nitrogens with two attached hydrogens (primary N) is 1. The molecule has 1 aliphatic rings. The van der Waals surface area contributed by atoms with Crippen LogP contribution < -0.4 is 11.1 Å². The molecule has 21 heavy (non-hydrogen) atoms. The maximum Gasteiger partial charge on any atom is 0.233 e. The van der Waals surface area contributed by atoms with Gasteiger partial charge in [-0.3, -0.25) is 4.79 Å². The molecule has 122 valence electrons. The smallest absolute Gasteiger partial charge is 0.233 e. The van der Waals surface area contributed by atoms with Crippen LogP contribution in [0, 0.1) is 5.41 Å². The molecule has 1 aliphatic carbocycles. The molecule has 0 radical (unpaired) electrons. The molecular weight excluding hydrogens is 284 g/mol. The van der Waals surface area contributed by atoms with Crippen LogP contribution >= 0.6 is 12.2 Å². The van der Waals surface area contributed by atoms with Crippen LogP contribution in [0.3, 0.4) is 0 Å². The Hall–Kier alpha value is -0.680. The fourth-order valence-corrected chi connectivity index (χ4v) is 3.11. The van der Waals surface area contributed by atoms with Crippen LogP contribution in [-0.4, -0.2) is 30.7 Å². The SMILES string of the molecule is CCCCOCCCNC(=O)C1(C(N)=S)CCCCCC1. The van der Waals surface area contributed by atoms with Crippen LogP contribution in [0.15, 0.2) is 0 Å². The summed E-state index contributed by atoms with van der Waals surface area (Å²) in [5.41, 5.74) is 5.29. The number of carbonyl (C=O) groups is 1. The summed E-state index contributed by atoms with van der Waals surface area (Å²) in [7, 11) is 0. The quantitative estimate of drug-likeness (QED) is 0.390. The Morgan fingerprint density at radius 1 is 1.19 bits per heavy atom. The third kappa shape index (κ3) is 5.91. The van der Waals surface area contributed by atoms with Gasteiger partial charge in [0.05, 0.1) is 10.4 Å². The number of unbranched alkanes of at least 4 members (excludes halogenated alkanes) is 1. The standard InChI is InChI=1S/C16H30N2O2S/c1-2-3-12-20-13-8-11-18-15(19)16(14(17)21)9-6-4-5-7-10-16/h2-13H2,1H3,(H2,17,21)(H,18,19). The zero-order valence-electron chi connectivity index (χ0n) is 13.3. The second kappa shape index (κ2) is 10.1. The summed E-state index contributed by atoms with van der Waals surface area (Å²) in [5.74, 6) is 0.0189. The van der Waals surface area contributed by atoms with Gasteiger partial charge in [-0.25, -0.2) is 0 Å². The first-order valence-electron chi connectivity index (χ1n) is 8.29. The van der Waals surface area contributed by atoms with Crippen LogP contribution in [0.2, 0.25) is 0 Å². The van der Waals surface area contributed by atoms with Crippen molar-refractivity contribution in [2.24, 2.45) is 11.1 Å². The number of hydrogen-bond acceptors (Lipinski definition) is 3. The van der Waals surface area contributed by atoms with E-state index in [1.165, 1.54) is 12.8 Å². The van der Waals surface area contributed by atoms with Crippen LogP contribution in [0.25, 0.3) is 0 Å². The van der Waals surface area contributed by atoms with E-state index in [0.717, 1.165) is 51.6 Å². The highest BCUT2D eigenvalue weighted by Crippen LogP contribution is 2.35. The minimum absolute atomic E-state index is 0.0189. The first-order valence-corrected chi connectivity index (χ1v) is 8.70. The van der Waals surface area contributed by atoms with E-state index >= 15 is 0 Å². The summed E-state index contributed by atoms with van der Waals surface area (Å²) in [5, 5.41) is 3.01. The Balaban J connectivity index is 2.34. The molecule has 0 heterocycles. The van der Waals surface area contributed by atoms with E-state index in [1.54, 1.807) is 0 Å². The number of nitrogens with one attached hydrogen (secondary N) is 1. The van der Waals surface area contributed by atoms with Gasteiger partial charge in [-0.15, -0.1) is 0 Å². The molecule has 1 saturated carbocycles. The predicted molar refractivity (Wildman–Crippen MR) is 90.3 cm³/mol. The summed E-state index contributed by atoms with van der Waals surface area (Å²) >= 11 is 5.21. The third-order valence-electron chi connectivity index (χ3n) is 4.26. The summed E-state index contributed by atoms with van der Waals surface area (Å²) < 4.78 is 5.49. The molecular formula is C16H30N2O2S. The number of ether oxygens (including phenoxy) is 1. The highest BCUT2D eigenvalue weighted by Gasteiger charge is 2.41. The van der Waals surface area contributed by atoms with Gasteiger partial charge in [0.25, 0.3) is 0 Å². The zero-order chi connectivity index (χ0) is 15.6. The van der Waals surface area contributed by atoms with Crippen molar-refractivity contribution in [2.45, 2.75) is 64.7 Å². The summed E-state index contributed by atoms with van der Waals surface area (Å²) in [6.45, 7) is 4.28. The van der Waals surface area contributed by atoms with E-state index in [1.807, 2.05) is 0 Å². The lowest BCUT2D eigenvalue weighted by molar-refractivity contribution is -0.128. The number of rotatable bonds is 9. The normalized spacial score (nSPS) is 18.0. The molecule has 1 fully saturated rings. The highest BCUT2D eigenvalue weighted by molar-refractivity contribution is 7.80. The van der Waals surface area contributed by atoms with E-state index in [0.29, 0.717) is 18.1 Å². The number of carbonyl (C=O) groups excluding carboxylic acids is 1. The van der Waals surface area contributed by atoms with Gasteiger partial charge in [-0.1, -0.05) is 51.2 Å². The molecule has 0 aromatic heterocycles. The van der Waals surface area contributed by atoms with Crippen LogP contribution in [0.4, 0.5) is 0 Å². The van der Waals surface area contributed by atoms with Crippen molar-refractivity contribution in [3.8, 4) is 0 Å². The summed E-state index contributed by atoms with van der Waals surface area (Å²) in [6, 6.07) is 0. The minimum atomic E-state index is -0.616. The van der Waals surface area contributed by atoms with Crippen molar-refractivity contribution in [1.82, 2.24) is 5.32 Å². The van der Waals surface area contributed by atoms with Gasteiger partial charge in [0.1, 0.15) is 0 Å². The van der Waals surface area contributed by atoms with Gasteiger partial charge in [-0.2, -0.15) is 0 Å². The van der Waals surface area contributed by atoms with E-state index in [4.69, 9.17) is 22.7 Å². The lowest BCUT2D eigenvalue weighted by Gasteiger charge is -2.30. The lowest BCUT2D eigenvalue weighted by Crippen LogP contribution is -2.49. The molecule has 0 aromatic carbocycles. The molecule has 1 amide bonds. The second-order valence-corrected chi connectivity index (χ2v) is 6.38. The van der Waals surface area contributed by atoms with Gasteiger partial charge in [0.2, 0.25) is 5.91 Å². The molecule has 0 aliphatic heterocycles. The predicted octanol–water partition coefficient (Wildman–Crippen LogP) is 2.94. The van der Waals surface area contributed by atoms with Gasteiger partial charge < -0.3 is 15.8 Å². The van der Waals surface area contributed by atoms with Crippen molar-refractivity contribution >= 4 is 23.1 Å². The molecule has 0 unspecified atom stereocenters. The molecule has 4 nitrogen and oxygen atoms in total. The lowest BCUT2D eigenvalue weighted by atomic mass is 9.79. The molecule has 0 saturated heterocycles. The Morgan fingerprint density at radius 2 is 1.81 bits per heavy atom. The monoisotopic (exact) mass is 314 g/mol. The first-order chi connectivity index (χ1) is 10.1. The van der Waals surface area contributed by atoms with Crippen molar-refractivity contribution in [3.05, 3.63) is 0 Å².